The number of benzene rings is 1. The predicted molar refractivity (Wildman–Crippen MR) is 91.8 cm³/mol. The van der Waals surface area contributed by atoms with E-state index < -0.39 is 10.0 Å². The SMILES string of the molecule is CCOc1ccc(S(=O)(=O)N2CCC(COCCOC)CC2)cc1. The van der Waals surface area contributed by atoms with E-state index in [1.807, 2.05) is 6.92 Å². The van der Waals surface area contributed by atoms with Crippen LogP contribution in [0.2, 0.25) is 0 Å². The molecule has 0 amide bonds. The maximum absolute atomic E-state index is 12.7. The van der Waals surface area contributed by atoms with Gasteiger partial charge in [-0.1, -0.05) is 0 Å². The van der Waals surface area contributed by atoms with E-state index in [4.69, 9.17) is 14.2 Å². The molecule has 0 aromatic heterocycles. The first-order valence-corrected chi connectivity index (χ1v) is 9.81. The first kappa shape index (κ1) is 19.2. The number of hydrogen-bond acceptors (Lipinski definition) is 5. The molecule has 7 heteroatoms. The molecule has 1 aromatic rings. The van der Waals surface area contributed by atoms with Gasteiger partial charge in [-0.2, -0.15) is 4.31 Å². The molecule has 0 aliphatic carbocycles. The zero-order valence-corrected chi connectivity index (χ0v) is 15.3. The smallest absolute Gasteiger partial charge is 0.243 e. The Labute approximate surface area is 144 Å². The number of piperidine rings is 1. The molecule has 0 atom stereocenters. The normalized spacial score (nSPS) is 17.1. The fourth-order valence-electron chi connectivity index (χ4n) is 2.73. The molecule has 0 radical (unpaired) electrons. The second-order valence-corrected chi connectivity index (χ2v) is 7.76. The summed E-state index contributed by atoms with van der Waals surface area (Å²) in [5, 5.41) is 0. The monoisotopic (exact) mass is 357 g/mol. The van der Waals surface area contributed by atoms with Crippen LogP contribution in [0.15, 0.2) is 29.2 Å². The van der Waals surface area contributed by atoms with Crippen molar-refractivity contribution in [2.24, 2.45) is 5.92 Å². The summed E-state index contributed by atoms with van der Waals surface area (Å²) in [6.07, 6.45) is 1.65. The Bertz CT molecular complexity index is 580. The fraction of sp³-hybridized carbons (Fsp3) is 0.647. The van der Waals surface area contributed by atoms with Gasteiger partial charge in [0.15, 0.2) is 0 Å². The molecule has 0 bridgehead atoms. The molecule has 1 saturated heterocycles. The van der Waals surface area contributed by atoms with Crippen LogP contribution in [0.4, 0.5) is 0 Å². The van der Waals surface area contributed by atoms with Gasteiger partial charge in [0, 0.05) is 26.8 Å². The minimum Gasteiger partial charge on any atom is -0.494 e. The van der Waals surface area contributed by atoms with Crippen molar-refractivity contribution in [1.29, 1.82) is 0 Å². The zero-order valence-electron chi connectivity index (χ0n) is 14.4. The van der Waals surface area contributed by atoms with Crippen molar-refractivity contribution in [2.75, 3.05) is 46.6 Å². The van der Waals surface area contributed by atoms with Gasteiger partial charge in [0.1, 0.15) is 5.75 Å². The van der Waals surface area contributed by atoms with Crippen LogP contribution >= 0.6 is 0 Å². The van der Waals surface area contributed by atoms with E-state index in [1.165, 1.54) is 0 Å². The molecule has 1 aliphatic rings. The minimum absolute atomic E-state index is 0.320. The molecule has 1 heterocycles. The fourth-order valence-corrected chi connectivity index (χ4v) is 4.20. The lowest BCUT2D eigenvalue weighted by Gasteiger charge is -2.31. The first-order valence-electron chi connectivity index (χ1n) is 8.37. The minimum atomic E-state index is -3.43. The number of methoxy groups -OCH3 is 1. The lowest BCUT2D eigenvalue weighted by atomic mass is 9.99. The van der Waals surface area contributed by atoms with Gasteiger partial charge in [-0.25, -0.2) is 8.42 Å². The Morgan fingerprint density at radius 1 is 1.12 bits per heavy atom. The van der Waals surface area contributed by atoms with Crippen LogP contribution in [-0.4, -0.2) is 59.3 Å². The number of hydrogen-bond donors (Lipinski definition) is 0. The van der Waals surface area contributed by atoms with E-state index in [1.54, 1.807) is 35.7 Å². The second-order valence-electron chi connectivity index (χ2n) is 5.82. The maximum atomic E-state index is 12.7. The van der Waals surface area contributed by atoms with E-state index >= 15 is 0 Å². The molecule has 1 fully saturated rings. The van der Waals surface area contributed by atoms with Crippen molar-refractivity contribution < 1.29 is 22.6 Å². The summed E-state index contributed by atoms with van der Waals surface area (Å²) in [4.78, 5) is 0.320. The van der Waals surface area contributed by atoms with Gasteiger partial charge in [0.25, 0.3) is 0 Å². The highest BCUT2D eigenvalue weighted by molar-refractivity contribution is 7.89. The van der Waals surface area contributed by atoms with Gasteiger partial charge in [-0.15, -0.1) is 0 Å². The van der Waals surface area contributed by atoms with Crippen LogP contribution in [0.5, 0.6) is 5.75 Å². The van der Waals surface area contributed by atoms with Gasteiger partial charge >= 0.3 is 0 Å². The molecule has 1 aromatic carbocycles. The average molecular weight is 357 g/mol. The summed E-state index contributed by atoms with van der Waals surface area (Å²) in [7, 11) is -1.78. The largest absolute Gasteiger partial charge is 0.494 e. The summed E-state index contributed by atoms with van der Waals surface area (Å²) < 4.78 is 42.8. The molecule has 0 saturated carbocycles. The third-order valence-electron chi connectivity index (χ3n) is 4.13. The van der Waals surface area contributed by atoms with Gasteiger partial charge in [0.2, 0.25) is 10.0 Å². The molecule has 2 rings (SSSR count). The molecular weight excluding hydrogens is 330 g/mol. The van der Waals surface area contributed by atoms with Crippen LogP contribution in [0.25, 0.3) is 0 Å². The van der Waals surface area contributed by atoms with Crippen molar-refractivity contribution >= 4 is 10.0 Å². The van der Waals surface area contributed by atoms with Crippen molar-refractivity contribution in [3.8, 4) is 5.75 Å². The summed E-state index contributed by atoms with van der Waals surface area (Å²) in [6.45, 7) is 5.37. The second kappa shape index (κ2) is 9.36. The topological polar surface area (TPSA) is 65.1 Å². The Morgan fingerprint density at radius 3 is 2.38 bits per heavy atom. The van der Waals surface area contributed by atoms with Crippen molar-refractivity contribution in [3.05, 3.63) is 24.3 Å². The molecule has 1 aliphatic heterocycles. The van der Waals surface area contributed by atoms with Crippen LogP contribution in [0.3, 0.4) is 0 Å². The van der Waals surface area contributed by atoms with Crippen LogP contribution in [-0.2, 0) is 19.5 Å². The van der Waals surface area contributed by atoms with Crippen LogP contribution in [0, 0.1) is 5.92 Å². The molecular formula is C17H27NO5S. The highest BCUT2D eigenvalue weighted by Crippen LogP contribution is 2.25. The van der Waals surface area contributed by atoms with E-state index in [9.17, 15) is 8.42 Å². The summed E-state index contributed by atoms with van der Waals surface area (Å²) in [5.41, 5.74) is 0. The van der Waals surface area contributed by atoms with Crippen LogP contribution < -0.4 is 4.74 Å². The number of ether oxygens (including phenoxy) is 3. The lowest BCUT2D eigenvalue weighted by Crippen LogP contribution is -2.39. The van der Waals surface area contributed by atoms with Gasteiger partial charge in [-0.3, -0.25) is 0 Å². The molecule has 0 spiro atoms. The quantitative estimate of drug-likeness (QED) is 0.634. The molecule has 136 valence electrons. The number of nitrogens with zero attached hydrogens (tertiary/aromatic N) is 1. The van der Waals surface area contributed by atoms with Gasteiger partial charge in [-0.05, 0) is 49.9 Å². The Kier molecular flexibility index (Phi) is 7.48. The lowest BCUT2D eigenvalue weighted by molar-refractivity contribution is 0.0410. The molecule has 24 heavy (non-hydrogen) atoms. The predicted octanol–water partition coefficient (Wildman–Crippen LogP) is 2.15. The van der Waals surface area contributed by atoms with E-state index in [-0.39, 0.29) is 0 Å². The van der Waals surface area contributed by atoms with Crippen molar-refractivity contribution in [2.45, 2.75) is 24.7 Å². The molecule has 0 unspecified atom stereocenters. The summed E-state index contributed by atoms with van der Waals surface area (Å²) in [6, 6.07) is 6.63. The summed E-state index contributed by atoms with van der Waals surface area (Å²) in [5.74, 6) is 1.09. The van der Waals surface area contributed by atoms with Crippen molar-refractivity contribution in [3.63, 3.8) is 0 Å². The Morgan fingerprint density at radius 2 is 1.79 bits per heavy atom. The van der Waals surface area contributed by atoms with Gasteiger partial charge in [0.05, 0.1) is 24.7 Å². The third-order valence-corrected chi connectivity index (χ3v) is 6.04. The summed E-state index contributed by atoms with van der Waals surface area (Å²) >= 11 is 0. The zero-order chi connectivity index (χ0) is 17.4. The standard InChI is InChI=1S/C17H27NO5S/c1-3-23-16-4-6-17(7-5-16)24(19,20)18-10-8-15(9-11-18)14-22-13-12-21-2/h4-7,15H,3,8-14H2,1-2H3. The Hall–Kier alpha value is -1.15. The maximum Gasteiger partial charge on any atom is 0.243 e. The van der Waals surface area contributed by atoms with E-state index in [0.717, 1.165) is 12.8 Å². The van der Waals surface area contributed by atoms with Crippen molar-refractivity contribution in [1.82, 2.24) is 4.31 Å². The highest BCUT2D eigenvalue weighted by Gasteiger charge is 2.29. The molecule has 0 N–H and O–H groups in total. The molecule has 6 nitrogen and oxygen atoms in total. The first-order chi connectivity index (χ1) is 11.6. The number of sulfonamides is 1. The third kappa shape index (κ3) is 5.17. The number of rotatable bonds is 9. The van der Waals surface area contributed by atoms with E-state index in [0.29, 0.717) is 56.1 Å². The average Bonchev–Trinajstić information content (AvgIpc) is 2.60. The highest BCUT2D eigenvalue weighted by atomic mass is 32.2. The Balaban J connectivity index is 1.87. The van der Waals surface area contributed by atoms with E-state index in [2.05, 4.69) is 0 Å². The van der Waals surface area contributed by atoms with Crippen LogP contribution in [0.1, 0.15) is 19.8 Å². The van der Waals surface area contributed by atoms with Gasteiger partial charge < -0.3 is 14.2 Å².